The summed E-state index contributed by atoms with van der Waals surface area (Å²) in [4.78, 5) is 11.9. The van der Waals surface area contributed by atoms with E-state index in [1.807, 2.05) is 13.1 Å². The third-order valence-corrected chi connectivity index (χ3v) is 4.68. The van der Waals surface area contributed by atoms with Crippen molar-refractivity contribution in [2.45, 2.75) is 51.5 Å². The van der Waals surface area contributed by atoms with E-state index in [0.29, 0.717) is 5.92 Å². The van der Waals surface area contributed by atoms with Crippen molar-refractivity contribution in [3.05, 3.63) is 23.9 Å². The van der Waals surface area contributed by atoms with Gasteiger partial charge in [-0.3, -0.25) is 0 Å². The maximum atomic E-state index is 11.9. The number of allylic oxidation sites excluding steroid dienone is 1. The second kappa shape index (κ2) is 8.23. The van der Waals surface area contributed by atoms with Crippen LogP contribution in [0, 0.1) is 11.8 Å². The highest BCUT2D eigenvalue weighted by Crippen LogP contribution is 2.37. The highest BCUT2D eigenvalue weighted by atomic mass is 16.4. The Morgan fingerprint density at radius 1 is 1.38 bits per heavy atom. The summed E-state index contributed by atoms with van der Waals surface area (Å²) in [7, 11) is 3.61. The number of unbranched alkanes of at least 4 members (excludes halogenated alkanes) is 2. The summed E-state index contributed by atoms with van der Waals surface area (Å²) in [6, 6.07) is 0. The van der Waals surface area contributed by atoms with E-state index in [1.54, 1.807) is 13.1 Å². The Hall–Kier alpha value is -1.29. The van der Waals surface area contributed by atoms with Gasteiger partial charge in [-0.05, 0) is 25.5 Å². The van der Waals surface area contributed by atoms with Gasteiger partial charge < -0.3 is 15.7 Å². The van der Waals surface area contributed by atoms with Gasteiger partial charge in [-0.2, -0.15) is 0 Å². The smallest absolute Gasteiger partial charge is 0.328 e. The molecule has 1 rings (SSSR count). The number of carboxylic acid groups (broad SMARTS) is 1. The standard InChI is InChI=1S/C17H30N2O2/c1-5-7-8-9-13(6-2)15-12-14(18-3)10-11-17(15,19-4)16(20)21/h10-13,15,18-19H,5-9H2,1-4H3,(H,20,21). The molecule has 0 aromatic carbocycles. The molecule has 3 N–H and O–H groups in total. The fourth-order valence-electron chi connectivity index (χ4n) is 3.25. The normalized spacial score (nSPS) is 26.3. The monoisotopic (exact) mass is 294 g/mol. The lowest BCUT2D eigenvalue weighted by atomic mass is 9.70. The molecule has 3 unspecified atom stereocenters. The average Bonchev–Trinajstić information content (AvgIpc) is 2.50. The first kappa shape index (κ1) is 17.8. The van der Waals surface area contributed by atoms with Crippen LogP contribution >= 0.6 is 0 Å². The van der Waals surface area contributed by atoms with E-state index in [9.17, 15) is 9.90 Å². The SMILES string of the molecule is CCCCCC(CC)C1C=C(NC)C=CC1(NC)C(=O)O. The highest BCUT2D eigenvalue weighted by Gasteiger charge is 2.46. The Bertz CT molecular complexity index is 404. The van der Waals surface area contributed by atoms with Crippen molar-refractivity contribution in [3.63, 3.8) is 0 Å². The van der Waals surface area contributed by atoms with Crippen LogP contribution in [0.4, 0.5) is 0 Å². The predicted molar refractivity (Wildman–Crippen MR) is 87.1 cm³/mol. The van der Waals surface area contributed by atoms with Gasteiger partial charge in [-0.25, -0.2) is 4.79 Å². The molecule has 0 fully saturated rings. The summed E-state index contributed by atoms with van der Waals surface area (Å²) in [5.41, 5.74) is 0.00817. The van der Waals surface area contributed by atoms with Crippen LogP contribution in [0.1, 0.15) is 46.0 Å². The Morgan fingerprint density at radius 3 is 2.57 bits per heavy atom. The first-order chi connectivity index (χ1) is 10.1. The van der Waals surface area contributed by atoms with Gasteiger partial charge in [-0.15, -0.1) is 0 Å². The first-order valence-corrected chi connectivity index (χ1v) is 8.06. The summed E-state index contributed by atoms with van der Waals surface area (Å²) in [5, 5.41) is 16.0. The molecule has 4 nitrogen and oxygen atoms in total. The summed E-state index contributed by atoms with van der Waals surface area (Å²) in [6.07, 6.45) is 11.4. The molecule has 21 heavy (non-hydrogen) atoms. The number of aliphatic carboxylic acids is 1. The predicted octanol–water partition coefficient (Wildman–Crippen LogP) is 2.93. The zero-order chi connectivity index (χ0) is 15.9. The summed E-state index contributed by atoms with van der Waals surface area (Å²) >= 11 is 0. The first-order valence-electron chi connectivity index (χ1n) is 8.06. The van der Waals surface area contributed by atoms with Gasteiger partial charge in [0, 0.05) is 18.7 Å². The van der Waals surface area contributed by atoms with Crippen LogP contribution in [-0.4, -0.2) is 30.7 Å². The molecule has 1 aliphatic carbocycles. The van der Waals surface area contributed by atoms with E-state index >= 15 is 0 Å². The third-order valence-electron chi connectivity index (χ3n) is 4.68. The van der Waals surface area contributed by atoms with Crippen LogP contribution in [0.25, 0.3) is 0 Å². The summed E-state index contributed by atoms with van der Waals surface area (Å²) in [6.45, 7) is 4.35. The minimum Gasteiger partial charge on any atom is -0.480 e. The van der Waals surface area contributed by atoms with Gasteiger partial charge in [0.15, 0.2) is 0 Å². The van der Waals surface area contributed by atoms with E-state index in [0.717, 1.165) is 25.0 Å². The molecule has 0 saturated heterocycles. The molecule has 0 saturated carbocycles. The van der Waals surface area contributed by atoms with Gasteiger partial charge >= 0.3 is 5.97 Å². The minimum absolute atomic E-state index is 0.0330. The van der Waals surface area contributed by atoms with E-state index < -0.39 is 11.5 Å². The van der Waals surface area contributed by atoms with Crippen LogP contribution < -0.4 is 10.6 Å². The lowest BCUT2D eigenvalue weighted by Crippen LogP contribution is -2.57. The van der Waals surface area contributed by atoms with Crippen LogP contribution in [0.3, 0.4) is 0 Å². The molecule has 0 radical (unpaired) electrons. The number of hydrogen-bond donors (Lipinski definition) is 3. The van der Waals surface area contributed by atoms with Crippen molar-refractivity contribution in [1.82, 2.24) is 10.6 Å². The Morgan fingerprint density at radius 2 is 2.10 bits per heavy atom. The van der Waals surface area contributed by atoms with Gasteiger partial charge in [0.2, 0.25) is 0 Å². The molecule has 0 aliphatic heterocycles. The molecule has 1 aliphatic rings. The van der Waals surface area contributed by atoms with Gasteiger partial charge in [0.05, 0.1) is 0 Å². The summed E-state index contributed by atoms with van der Waals surface area (Å²) in [5.74, 6) is -0.464. The number of nitrogens with one attached hydrogen (secondary N) is 2. The number of carboxylic acids is 1. The van der Waals surface area contributed by atoms with Crippen molar-refractivity contribution in [2.24, 2.45) is 11.8 Å². The molecule has 0 heterocycles. The molecule has 0 amide bonds. The van der Waals surface area contributed by atoms with Crippen molar-refractivity contribution in [3.8, 4) is 0 Å². The topological polar surface area (TPSA) is 61.4 Å². The average molecular weight is 294 g/mol. The molecule has 4 heteroatoms. The van der Waals surface area contributed by atoms with Crippen molar-refractivity contribution >= 4 is 5.97 Å². The van der Waals surface area contributed by atoms with Crippen molar-refractivity contribution in [2.75, 3.05) is 14.1 Å². The fraction of sp³-hybridized carbons (Fsp3) is 0.706. The van der Waals surface area contributed by atoms with Crippen LogP contribution in [-0.2, 0) is 4.79 Å². The third kappa shape index (κ3) is 3.88. The molecule has 0 aromatic heterocycles. The maximum absolute atomic E-state index is 11.9. The van der Waals surface area contributed by atoms with Crippen molar-refractivity contribution < 1.29 is 9.90 Å². The molecule has 3 atom stereocenters. The minimum atomic E-state index is -0.993. The highest BCUT2D eigenvalue weighted by molar-refractivity contribution is 5.83. The van der Waals surface area contributed by atoms with E-state index in [2.05, 4.69) is 30.6 Å². The Balaban J connectivity index is 3.06. The number of carbonyl (C=O) groups is 1. The van der Waals surface area contributed by atoms with E-state index in [-0.39, 0.29) is 5.92 Å². The van der Waals surface area contributed by atoms with E-state index in [4.69, 9.17) is 0 Å². The fourth-order valence-corrected chi connectivity index (χ4v) is 3.25. The van der Waals surface area contributed by atoms with E-state index in [1.165, 1.54) is 12.8 Å². The maximum Gasteiger partial charge on any atom is 0.328 e. The van der Waals surface area contributed by atoms with Gasteiger partial charge in [-0.1, -0.05) is 51.7 Å². The van der Waals surface area contributed by atoms with Crippen LogP contribution in [0.2, 0.25) is 0 Å². The second-order valence-electron chi connectivity index (χ2n) is 5.82. The number of likely N-dealkylation sites (N-methyl/N-ethyl adjacent to an activating group) is 2. The molecular weight excluding hydrogens is 264 g/mol. The lowest BCUT2D eigenvalue weighted by Gasteiger charge is -2.40. The van der Waals surface area contributed by atoms with Crippen molar-refractivity contribution in [1.29, 1.82) is 0 Å². The van der Waals surface area contributed by atoms with Gasteiger partial charge in [0.1, 0.15) is 5.54 Å². The number of hydrogen-bond acceptors (Lipinski definition) is 3. The molecular formula is C17H30N2O2. The second-order valence-corrected chi connectivity index (χ2v) is 5.82. The molecule has 120 valence electrons. The molecule has 0 spiro atoms. The van der Waals surface area contributed by atoms with Crippen LogP contribution in [0.15, 0.2) is 23.9 Å². The lowest BCUT2D eigenvalue weighted by molar-refractivity contribution is -0.144. The quantitative estimate of drug-likeness (QED) is 0.572. The Labute approximate surface area is 128 Å². The number of rotatable bonds is 9. The summed E-state index contributed by atoms with van der Waals surface area (Å²) < 4.78 is 0. The zero-order valence-corrected chi connectivity index (χ0v) is 13.8. The van der Waals surface area contributed by atoms with Crippen LogP contribution in [0.5, 0.6) is 0 Å². The molecule has 0 aromatic rings. The largest absolute Gasteiger partial charge is 0.480 e. The zero-order valence-electron chi connectivity index (χ0n) is 13.8. The molecule has 0 bridgehead atoms. The Kier molecular flexibility index (Phi) is 6.96. The van der Waals surface area contributed by atoms with Gasteiger partial charge in [0.25, 0.3) is 0 Å².